The van der Waals surface area contributed by atoms with Crippen molar-refractivity contribution in [1.82, 2.24) is 4.90 Å². The number of fused-ring (bicyclic) bond motifs is 1. The van der Waals surface area contributed by atoms with E-state index in [4.69, 9.17) is 21.1 Å². The molecule has 0 aliphatic carbocycles. The van der Waals surface area contributed by atoms with Crippen molar-refractivity contribution in [3.05, 3.63) is 82.4 Å². The molecule has 9 heteroatoms. The predicted octanol–water partition coefficient (Wildman–Crippen LogP) is 4.45. The van der Waals surface area contributed by atoms with Crippen LogP contribution in [0, 0.1) is 6.92 Å². The molecule has 1 heterocycles. The largest absolute Gasteiger partial charge is 0.495 e. The van der Waals surface area contributed by atoms with E-state index in [1.807, 2.05) is 18.2 Å². The van der Waals surface area contributed by atoms with Gasteiger partial charge >= 0.3 is 0 Å². The second kappa shape index (κ2) is 10.2. The molecule has 0 N–H and O–H groups in total. The predicted molar refractivity (Wildman–Crippen MR) is 136 cm³/mol. The van der Waals surface area contributed by atoms with Crippen molar-refractivity contribution in [1.29, 1.82) is 0 Å². The van der Waals surface area contributed by atoms with Crippen LogP contribution in [0.2, 0.25) is 5.02 Å². The van der Waals surface area contributed by atoms with Crippen molar-refractivity contribution in [2.75, 3.05) is 31.6 Å². The minimum absolute atomic E-state index is 0.0243. The van der Waals surface area contributed by atoms with Gasteiger partial charge in [-0.2, -0.15) is 0 Å². The Bertz CT molecular complexity index is 1360. The lowest BCUT2D eigenvalue weighted by atomic mass is 10.00. The van der Waals surface area contributed by atoms with Crippen molar-refractivity contribution in [2.24, 2.45) is 0 Å². The van der Waals surface area contributed by atoms with Crippen LogP contribution >= 0.6 is 11.6 Å². The normalized spacial score (nSPS) is 13.2. The maximum absolute atomic E-state index is 13.9. The third-order valence-electron chi connectivity index (χ3n) is 6.07. The fourth-order valence-electron chi connectivity index (χ4n) is 4.16. The molecule has 0 atom stereocenters. The third-order valence-corrected chi connectivity index (χ3v) is 8.16. The fraction of sp³-hybridized carbons (Fsp3) is 0.269. The van der Waals surface area contributed by atoms with E-state index in [1.54, 1.807) is 36.1 Å². The van der Waals surface area contributed by atoms with Gasteiger partial charge in [-0.05, 0) is 60.4 Å². The van der Waals surface area contributed by atoms with Crippen LogP contribution in [0.1, 0.15) is 16.7 Å². The number of hydrogen-bond acceptors (Lipinski definition) is 5. The smallest absolute Gasteiger partial charge is 0.268 e. The molecule has 0 saturated carbocycles. The van der Waals surface area contributed by atoms with Gasteiger partial charge in [-0.3, -0.25) is 9.10 Å². The van der Waals surface area contributed by atoms with Gasteiger partial charge in [0.25, 0.3) is 10.0 Å². The SMILES string of the molecule is COc1ccc(N(CC(=O)N2CCc3ccccc3C2)S(=O)(=O)c2cc(C)ccc2OC)cc1Cl. The zero-order valence-electron chi connectivity index (χ0n) is 19.8. The molecule has 1 aliphatic heterocycles. The molecule has 1 aliphatic rings. The minimum atomic E-state index is -4.19. The lowest BCUT2D eigenvalue weighted by Crippen LogP contribution is -2.44. The quantitative estimate of drug-likeness (QED) is 0.465. The molecule has 0 saturated heterocycles. The number of carbonyl (C=O) groups is 1. The van der Waals surface area contributed by atoms with E-state index in [0.717, 1.165) is 15.4 Å². The van der Waals surface area contributed by atoms with E-state index < -0.39 is 10.0 Å². The molecule has 0 aromatic heterocycles. The van der Waals surface area contributed by atoms with E-state index in [1.165, 1.54) is 31.9 Å². The zero-order chi connectivity index (χ0) is 25.2. The van der Waals surface area contributed by atoms with Crippen molar-refractivity contribution in [3.8, 4) is 11.5 Å². The molecule has 7 nitrogen and oxygen atoms in total. The molecule has 3 aromatic rings. The Hall–Kier alpha value is -3.23. The summed E-state index contributed by atoms with van der Waals surface area (Å²) in [7, 11) is -1.30. The number of halogens is 1. The molecule has 35 heavy (non-hydrogen) atoms. The molecule has 0 fully saturated rings. The molecule has 0 radical (unpaired) electrons. The van der Waals surface area contributed by atoms with Gasteiger partial charge in [0.1, 0.15) is 22.9 Å². The monoisotopic (exact) mass is 514 g/mol. The summed E-state index contributed by atoms with van der Waals surface area (Å²) in [4.78, 5) is 15.1. The summed E-state index contributed by atoms with van der Waals surface area (Å²) < 4.78 is 39.5. The highest BCUT2D eigenvalue weighted by Gasteiger charge is 2.32. The highest BCUT2D eigenvalue weighted by atomic mass is 35.5. The van der Waals surface area contributed by atoms with Crippen LogP contribution in [0.4, 0.5) is 5.69 Å². The number of anilines is 1. The van der Waals surface area contributed by atoms with Gasteiger partial charge < -0.3 is 14.4 Å². The Balaban J connectivity index is 1.73. The Morgan fingerprint density at radius 3 is 2.37 bits per heavy atom. The van der Waals surface area contributed by atoms with Crippen molar-refractivity contribution < 1.29 is 22.7 Å². The van der Waals surface area contributed by atoms with Crippen LogP contribution < -0.4 is 13.8 Å². The Morgan fingerprint density at radius 2 is 1.69 bits per heavy atom. The van der Waals surface area contributed by atoms with Crippen LogP contribution in [0.15, 0.2) is 65.6 Å². The average Bonchev–Trinajstić information content (AvgIpc) is 2.86. The van der Waals surface area contributed by atoms with E-state index in [2.05, 4.69) is 6.07 Å². The summed E-state index contributed by atoms with van der Waals surface area (Å²) in [6.45, 7) is 2.36. The van der Waals surface area contributed by atoms with Crippen molar-refractivity contribution in [3.63, 3.8) is 0 Å². The van der Waals surface area contributed by atoms with Gasteiger partial charge in [0.2, 0.25) is 5.91 Å². The summed E-state index contributed by atoms with van der Waals surface area (Å²) in [5.74, 6) is 0.293. The first-order chi connectivity index (χ1) is 16.7. The molecule has 0 bridgehead atoms. The summed E-state index contributed by atoms with van der Waals surface area (Å²) in [5, 5.41) is 0.237. The number of ether oxygens (including phenoxy) is 2. The van der Waals surface area contributed by atoms with E-state index >= 15 is 0 Å². The van der Waals surface area contributed by atoms with Crippen LogP contribution in [0.25, 0.3) is 0 Å². The number of sulfonamides is 1. The molecule has 184 valence electrons. The fourth-order valence-corrected chi connectivity index (χ4v) is 6.06. The van der Waals surface area contributed by atoms with E-state index in [9.17, 15) is 13.2 Å². The molecule has 1 amide bonds. The highest BCUT2D eigenvalue weighted by Crippen LogP contribution is 2.35. The number of aryl methyl sites for hydroxylation is 1. The van der Waals surface area contributed by atoms with E-state index in [0.29, 0.717) is 25.3 Å². The van der Waals surface area contributed by atoms with Gasteiger partial charge in [-0.25, -0.2) is 8.42 Å². The van der Waals surface area contributed by atoms with Crippen LogP contribution in [0.3, 0.4) is 0 Å². The Kier molecular flexibility index (Phi) is 7.23. The molecule has 4 rings (SSSR count). The summed E-state index contributed by atoms with van der Waals surface area (Å²) >= 11 is 6.33. The van der Waals surface area contributed by atoms with Gasteiger partial charge in [0.05, 0.1) is 24.9 Å². The topological polar surface area (TPSA) is 76.2 Å². The Morgan fingerprint density at radius 1 is 1.00 bits per heavy atom. The second-order valence-electron chi connectivity index (χ2n) is 8.32. The molecule has 0 unspecified atom stereocenters. The maximum atomic E-state index is 13.9. The number of rotatable bonds is 7. The molecule has 0 spiro atoms. The lowest BCUT2D eigenvalue weighted by molar-refractivity contribution is -0.130. The molecular weight excluding hydrogens is 488 g/mol. The first kappa shape index (κ1) is 24.9. The third kappa shape index (κ3) is 5.09. The number of hydrogen-bond donors (Lipinski definition) is 0. The number of benzene rings is 3. The highest BCUT2D eigenvalue weighted by molar-refractivity contribution is 7.93. The van der Waals surface area contributed by atoms with Crippen LogP contribution in [0.5, 0.6) is 11.5 Å². The standard InChI is InChI=1S/C26H27ClN2O5S/c1-18-8-10-24(34-3)25(14-18)35(31,32)29(21-9-11-23(33-2)22(27)15-21)17-26(30)28-13-12-19-6-4-5-7-20(19)16-28/h4-11,14-15H,12-13,16-17H2,1-3H3. The van der Waals surface area contributed by atoms with Crippen LogP contribution in [-0.2, 0) is 27.8 Å². The summed E-state index contributed by atoms with van der Waals surface area (Å²) in [6.07, 6.45) is 0.717. The van der Waals surface area contributed by atoms with Gasteiger partial charge in [0, 0.05) is 13.1 Å². The summed E-state index contributed by atoms with van der Waals surface area (Å²) in [5.41, 5.74) is 3.27. The number of nitrogens with zero attached hydrogens (tertiary/aromatic N) is 2. The minimum Gasteiger partial charge on any atom is -0.495 e. The first-order valence-electron chi connectivity index (χ1n) is 11.1. The summed E-state index contributed by atoms with van der Waals surface area (Å²) in [6, 6.07) is 17.5. The van der Waals surface area contributed by atoms with Crippen molar-refractivity contribution >= 4 is 33.2 Å². The number of carbonyl (C=O) groups excluding carboxylic acids is 1. The molecule has 3 aromatic carbocycles. The number of amides is 1. The number of methoxy groups -OCH3 is 2. The zero-order valence-corrected chi connectivity index (χ0v) is 21.4. The van der Waals surface area contributed by atoms with Gasteiger partial charge in [-0.1, -0.05) is 41.9 Å². The lowest BCUT2D eigenvalue weighted by Gasteiger charge is -2.32. The van der Waals surface area contributed by atoms with Crippen molar-refractivity contribution in [2.45, 2.75) is 24.8 Å². The average molecular weight is 515 g/mol. The van der Waals surface area contributed by atoms with Gasteiger partial charge in [-0.15, -0.1) is 0 Å². The maximum Gasteiger partial charge on any atom is 0.268 e. The second-order valence-corrected chi connectivity index (χ2v) is 10.6. The first-order valence-corrected chi connectivity index (χ1v) is 12.9. The van der Waals surface area contributed by atoms with Crippen LogP contribution in [-0.4, -0.2) is 46.5 Å². The van der Waals surface area contributed by atoms with Gasteiger partial charge in [0.15, 0.2) is 0 Å². The molecular formula is C26H27ClN2O5S. The Labute approximate surface area is 210 Å². The van der Waals surface area contributed by atoms with E-state index in [-0.39, 0.29) is 33.8 Å².